The second-order valence-electron chi connectivity index (χ2n) is 4.59. The van der Waals surface area contributed by atoms with Crippen molar-refractivity contribution < 1.29 is 4.79 Å². The molecule has 0 fully saturated rings. The van der Waals surface area contributed by atoms with Crippen LogP contribution >= 0.6 is 11.8 Å². The minimum Gasteiger partial charge on any atom is -0.338 e. The van der Waals surface area contributed by atoms with Gasteiger partial charge in [0.05, 0.1) is 0 Å². The molecular formula is C17H19NOS. The standard InChI is InChI=1S/C17H19NOS/c1-15(19)18(14-16-8-4-2-5-9-16)12-13-20-17-10-6-3-7-11-17/h2-11H,12-14H2,1H3. The lowest BCUT2D eigenvalue weighted by Gasteiger charge is -2.21. The number of hydrogen-bond acceptors (Lipinski definition) is 2. The fraction of sp³-hybridized carbons (Fsp3) is 0.235. The zero-order valence-corrected chi connectivity index (χ0v) is 12.5. The van der Waals surface area contributed by atoms with Gasteiger partial charge in [-0.3, -0.25) is 4.79 Å². The molecule has 20 heavy (non-hydrogen) atoms. The maximum absolute atomic E-state index is 11.7. The summed E-state index contributed by atoms with van der Waals surface area (Å²) in [7, 11) is 0. The summed E-state index contributed by atoms with van der Waals surface area (Å²) in [5, 5.41) is 0. The van der Waals surface area contributed by atoms with Crippen molar-refractivity contribution >= 4 is 17.7 Å². The van der Waals surface area contributed by atoms with Crippen molar-refractivity contribution in [3.05, 3.63) is 66.2 Å². The summed E-state index contributed by atoms with van der Waals surface area (Å²) >= 11 is 1.78. The molecule has 0 saturated carbocycles. The second-order valence-corrected chi connectivity index (χ2v) is 5.76. The highest BCUT2D eigenvalue weighted by molar-refractivity contribution is 7.99. The normalized spacial score (nSPS) is 10.2. The van der Waals surface area contributed by atoms with Crippen molar-refractivity contribution in [1.29, 1.82) is 0 Å². The van der Waals surface area contributed by atoms with Gasteiger partial charge in [-0.05, 0) is 17.7 Å². The molecule has 0 atom stereocenters. The molecule has 0 radical (unpaired) electrons. The Balaban J connectivity index is 1.85. The molecule has 2 aromatic rings. The molecule has 0 aliphatic heterocycles. The zero-order chi connectivity index (χ0) is 14.2. The minimum atomic E-state index is 0.127. The molecule has 2 aromatic carbocycles. The van der Waals surface area contributed by atoms with Gasteiger partial charge in [-0.15, -0.1) is 11.8 Å². The van der Waals surface area contributed by atoms with Gasteiger partial charge in [0.2, 0.25) is 5.91 Å². The van der Waals surface area contributed by atoms with Gasteiger partial charge < -0.3 is 4.90 Å². The van der Waals surface area contributed by atoms with Crippen LogP contribution in [0.5, 0.6) is 0 Å². The van der Waals surface area contributed by atoms with E-state index in [9.17, 15) is 4.79 Å². The Morgan fingerprint density at radius 3 is 2.20 bits per heavy atom. The van der Waals surface area contributed by atoms with Crippen molar-refractivity contribution in [3.8, 4) is 0 Å². The summed E-state index contributed by atoms with van der Waals surface area (Å²) in [6, 6.07) is 20.4. The first-order chi connectivity index (χ1) is 9.75. The molecule has 0 heterocycles. The van der Waals surface area contributed by atoms with Gasteiger partial charge in [-0.25, -0.2) is 0 Å². The van der Waals surface area contributed by atoms with Crippen LogP contribution in [0.15, 0.2) is 65.6 Å². The lowest BCUT2D eigenvalue weighted by molar-refractivity contribution is -0.129. The maximum atomic E-state index is 11.7. The van der Waals surface area contributed by atoms with Crippen molar-refractivity contribution in [1.82, 2.24) is 4.90 Å². The molecule has 2 nitrogen and oxygen atoms in total. The van der Waals surface area contributed by atoms with Gasteiger partial charge in [0.25, 0.3) is 0 Å². The van der Waals surface area contributed by atoms with Crippen molar-refractivity contribution in [2.75, 3.05) is 12.3 Å². The Bertz CT molecular complexity index is 527. The van der Waals surface area contributed by atoms with Crippen LogP contribution in [0.25, 0.3) is 0 Å². The summed E-state index contributed by atoms with van der Waals surface area (Å²) in [6.45, 7) is 3.09. The minimum absolute atomic E-state index is 0.127. The summed E-state index contributed by atoms with van der Waals surface area (Å²) in [5.74, 6) is 1.04. The van der Waals surface area contributed by atoms with E-state index in [1.807, 2.05) is 41.3 Å². The summed E-state index contributed by atoms with van der Waals surface area (Å²) in [5.41, 5.74) is 1.17. The molecule has 0 aliphatic carbocycles. The Labute approximate surface area is 124 Å². The van der Waals surface area contributed by atoms with Gasteiger partial charge >= 0.3 is 0 Å². The van der Waals surface area contributed by atoms with E-state index in [2.05, 4.69) is 24.3 Å². The van der Waals surface area contributed by atoms with E-state index in [1.54, 1.807) is 18.7 Å². The van der Waals surface area contributed by atoms with E-state index >= 15 is 0 Å². The number of benzene rings is 2. The van der Waals surface area contributed by atoms with Crippen LogP contribution in [-0.2, 0) is 11.3 Å². The van der Waals surface area contributed by atoms with Gasteiger partial charge in [-0.1, -0.05) is 48.5 Å². The predicted octanol–water partition coefficient (Wildman–Crippen LogP) is 3.83. The third kappa shape index (κ3) is 4.74. The van der Waals surface area contributed by atoms with Gasteiger partial charge in [0.15, 0.2) is 0 Å². The Hall–Kier alpha value is -1.74. The maximum Gasteiger partial charge on any atom is 0.219 e. The highest BCUT2D eigenvalue weighted by Crippen LogP contribution is 2.17. The van der Waals surface area contributed by atoms with Crippen LogP contribution in [0.3, 0.4) is 0 Å². The molecule has 0 spiro atoms. The largest absolute Gasteiger partial charge is 0.338 e. The molecule has 0 aliphatic rings. The van der Waals surface area contributed by atoms with Crippen LogP contribution < -0.4 is 0 Å². The molecule has 3 heteroatoms. The van der Waals surface area contributed by atoms with Gasteiger partial charge in [0.1, 0.15) is 0 Å². The SMILES string of the molecule is CC(=O)N(CCSc1ccccc1)Cc1ccccc1. The Morgan fingerprint density at radius 1 is 1.00 bits per heavy atom. The van der Waals surface area contributed by atoms with Gasteiger partial charge in [0, 0.05) is 30.7 Å². The van der Waals surface area contributed by atoms with Crippen LogP contribution in [0.1, 0.15) is 12.5 Å². The van der Waals surface area contributed by atoms with E-state index in [0.717, 1.165) is 12.3 Å². The number of hydrogen-bond donors (Lipinski definition) is 0. The van der Waals surface area contributed by atoms with E-state index in [-0.39, 0.29) is 5.91 Å². The molecule has 0 unspecified atom stereocenters. The average molecular weight is 285 g/mol. The first kappa shape index (κ1) is 14.7. The molecular weight excluding hydrogens is 266 g/mol. The van der Waals surface area contributed by atoms with Crippen molar-refractivity contribution in [2.45, 2.75) is 18.4 Å². The fourth-order valence-corrected chi connectivity index (χ4v) is 2.84. The molecule has 104 valence electrons. The third-order valence-electron chi connectivity index (χ3n) is 3.03. The molecule has 0 bridgehead atoms. The van der Waals surface area contributed by atoms with Crippen LogP contribution in [0.2, 0.25) is 0 Å². The first-order valence-corrected chi connectivity index (χ1v) is 7.71. The molecule has 1 amide bonds. The highest BCUT2D eigenvalue weighted by atomic mass is 32.2. The van der Waals surface area contributed by atoms with E-state index in [1.165, 1.54) is 10.5 Å². The smallest absolute Gasteiger partial charge is 0.219 e. The fourth-order valence-electron chi connectivity index (χ4n) is 1.94. The number of nitrogens with zero attached hydrogens (tertiary/aromatic N) is 1. The molecule has 0 aromatic heterocycles. The van der Waals surface area contributed by atoms with Crippen LogP contribution in [0.4, 0.5) is 0 Å². The number of rotatable bonds is 6. The topological polar surface area (TPSA) is 20.3 Å². The molecule has 2 rings (SSSR count). The number of carbonyl (C=O) groups is 1. The van der Waals surface area contributed by atoms with E-state index < -0.39 is 0 Å². The number of amides is 1. The second kappa shape index (κ2) is 7.75. The summed E-state index contributed by atoms with van der Waals surface area (Å²) in [6.07, 6.45) is 0. The van der Waals surface area contributed by atoms with Crippen molar-refractivity contribution in [2.24, 2.45) is 0 Å². The monoisotopic (exact) mass is 285 g/mol. The van der Waals surface area contributed by atoms with E-state index in [4.69, 9.17) is 0 Å². The third-order valence-corrected chi connectivity index (χ3v) is 4.03. The highest BCUT2D eigenvalue weighted by Gasteiger charge is 2.09. The lowest BCUT2D eigenvalue weighted by Crippen LogP contribution is -2.30. The van der Waals surface area contributed by atoms with Gasteiger partial charge in [-0.2, -0.15) is 0 Å². The number of carbonyl (C=O) groups excluding carboxylic acids is 1. The Morgan fingerprint density at radius 2 is 1.60 bits per heavy atom. The van der Waals surface area contributed by atoms with E-state index in [0.29, 0.717) is 6.54 Å². The molecule has 0 N–H and O–H groups in total. The number of thioether (sulfide) groups is 1. The first-order valence-electron chi connectivity index (χ1n) is 6.73. The predicted molar refractivity (Wildman–Crippen MR) is 84.7 cm³/mol. The average Bonchev–Trinajstić information content (AvgIpc) is 2.48. The lowest BCUT2D eigenvalue weighted by atomic mass is 10.2. The van der Waals surface area contributed by atoms with Crippen LogP contribution in [-0.4, -0.2) is 23.1 Å². The van der Waals surface area contributed by atoms with Crippen molar-refractivity contribution in [3.63, 3.8) is 0 Å². The Kier molecular flexibility index (Phi) is 5.69. The summed E-state index contributed by atoms with van der Waals surface area (Å²) in [4.78, 5) is 14.8. The quantitative estimate of drug-likeness (QED) is 0.752. The summed E-state index contributed by atoms with van der Waals surface area (Å²) < 4.78 is 0. The molecule has 0 saturated heterocycles. The van der Waals surface area contributed by atoms with Crippen LogP contribution in [0, 0.1) is 0 Å². The zero-order valence-electron chi connectivity index (χ0n) is 11.7.